The van der Waals surface area contributed by atoms with Crippen LogP contribution in [0.5, 0.6) is 0 Å². The van der Waals surface area contributed by atoms with E-state index in [-0.39, 0.29) is 19.6 Å². The maximum absolute atomic E-state index is 11.8. The van der Waals surface area contributed by atoms with Crippen molar-refractivity contribution in [3.8, 4) is 0 Å². The largest absolute Gasteiger partial charge is 0.465 e. The number of methoxy groups -OCH3 is 1. The van der Waals surface area contributed by atoms with Crippen LogP contribution in [-0.2, 0) is 16.1 Å². The zero-order valence-corrected chi connectivity index (χ0v) is 10.4. The van der Waals surface area contributed by atoms with Gasteiger partial charge in [0, 0.05) is 19.2 Å². The van der Waals surface area contributed by atoms with Crippen LogP contribution in [0.2, 0.25) is 0 Å². The van der Waals surface area contributed by atoms with Gasteiger partial charge in [-0.3, -0.25) is 4.98 Å². The molecule has 0 aliphatic carbocycles. The fourth-order valence-corrected chi connectivity index (χ4v) is 1.30. The van der Waals surface area contributed by atoms with E-state index in [0.717, 1.165) is 0 Å². The van der Waals surface area contributed by atoms with Gasteiger partial charge in [-0.2, -0.15) is 13.2 Å². The number of esters is 1. The minimum absolute atomic E-state index is 0.0138. The van der Waals surface area contributed by atoms with Crippen LogP contribution in [0, 0.1) is 0 Å². The highest BCUT2D eigenvalue weighted by molar-refractivity contribution is 5.88. The van der Waals surface area contributed by atoms with Crippen LogP contribution in [0.3, 0.4) is 0 Å². The Kier molecular flexibility index (Phi) is 5.75. The van der Waals surface area contributed by atoms with E-state index in [1.54, 1.807) is 6.07 Å². The van der Waals surface area contributed by atoms with Crippen molar-refractivity contribution < 1.29 is 27.4 Å². The molecule has 1 heterocycles. The molecule has 0 aromatic carbocycles. The van der Waals surface area contributed by atoms with Gasteiger partial charge >= 0.3 is 12.1 Å². The molecule has 0 fully saturated rings. The predicted octanol–water partition coefficient (Wildman–Crippen LogP) is 2.73. The van der Waals surface area contributed by atoms with E-state index in [0.29, 0.717) is 11.3 Å². The number of hydrogen-bond acceptors (Lipinski definition) is 4. The van der Waals surface area contributed by atoms with Crippen molar-refractivity contribution in [2.45, 2.75) is 25.6 Å². The number of alkyl halides is 3. The SMILES string of the molecule is COC(=O)c1ccc(COCCCC(F)(F)F)nc1. The van der Waals surface area contributed by atoms with E-state index < -0.39 is 18.6 Å². The molecule has 0 aliphatic heterocycles. The Morgan fingerprint density at radius 1 is 1.37 bits per heavy atom. The topological polar surface area (TPSA) is 48.4 Å². The number of rotatable bonds is 6. The number of halogens is 3. The van der Waals surface area contributed by atoms with E-state index in [1.165, 1.54) is 19.4 Å². The Morgan fingerprint density at radius 2 is 2.11 bits per heavy atom. The fraction of sp³-hybridized carbons (Fsp3) is 0.500. The van der Waals surface area contributed by atoms with Gasteiger partial charge in [0.25, 0.3) is 0 Å². The summed E-state index contributed by atoms with van der Waals surface area (Å²) in [5.74, 6) is -0.495. The minimum Gasteiger partial charge on any atom is -0.465 e. The van der Waals surface area contributed by atoms with E-state index in [2.05, 4.69) is 9.72 Å². The van der Waals surface area contributed by atoms with Crippen LogP contribution in [0.4, 0.5) is 13.2 Å². The normalized spacial score (nSPS) is 11.4. The first-order chi connectivity index (χ1) is 8.92. The van der Waals surface area contributed by atoms with Gasteiger partial charge in [0.1, 0.15) is 0 Å². The van der Waals surface area contributed by atoms with Gasteiger partial charge in [-0.15, -0.1) is 0 Å². The summed E-state index contributed by atoms with van der Waals surface area (Å²) in [6.07, 6.45) is -3.75. The molecule has 0 saturated carbocycles. The third-order valence-electron chi connectivity index (χ3n) is 2.24. The van der Waals surface area contributed by atoms with Crippen LogP contribution >= 0.6 is 0 Å². The summed E-state index contributed by atoms with van der Waals surface area (Å²) in [6, 6.07) is 3.09. The average Bonchev–Trinajstić information content (AvgIpc) is 2.37. The summed E-state index contributed by atoms with van der Waals surface area (Å²) in [5, 5.41) is 0. The fourth-order valence-electron chi connectivity index (χ4n) is 1.30. The number of aromatic nitrogens is 1. The van der Waals surface area contributed by atoms with Crippen molar-refractivity contribution >= 4 is 5.97 Å². The minimum atomic E-state index is -4.15. The van der Waals surface area contributed by atoms with Crippen molar-refractivity contribution in [3.63, 3.8) is 0 Å². The number of carbonyl (C=O) groups is 1. The first-order valence-electron chi connectivity index (χ1n) is 5.60. The van der Waals surface area contributed by atoms with Gasteiger partial charge in [-0.1, -0.05) is 0 Å². The van der Waals surface area contributed by atoms with Gasteiger partial charge in [0.2, 0.25) is 0 Å². The Labute approximate surface area is 108 Å². The number of nitrogens with zero attached hydrogens (tertiary/aromatic N) is 1. The average molecular weight is 277 g/mol. The number of pyridine rings is 1. The zero-order chi connectivity index (χ0) is 14.3. The van der Waals surface area contributed by atoms with Crippen molar-refractivity contribution in [3.05, 3.63) is 29.6 Å². The predicted molar refractivity (Wildman–Crippen MR) is 60.5 cm³/mol. The second-order valence-corrected chi connectivity index (χ2v) is 3.80. The summed E-state index contributed by atoms with van der Waals surface area (Å²) < 4.78 is 45.1. The molecule has 19 heavy (non-hydrogen) atoms. The van der Waals surface area contributed by atoms with Crippen LogP contribution in [0.25, 0.3) is 0 Å². The Balaban J connectivity index is 2.29. The zero-order valence-electron chi connectivity index (χ0n) is 10.4. The molecule has 0 radical (unpaired) electrons. The first-order valence-corrected chi connectivity index (χ1v) is 5.60. The maximum atomic E-state index is 11.8. The number of ether oxygens (including phenoxy) is 2. The van der Waals surface area contributed by atoms with Crippen molar-refractivity contribution in [2.75, 3.05) is 13.7 Å². The molecule has 4 nitrogen and oxygen atoms in total. The Bertz CT molecular complexity index is 404. The van der Waals surface area contributed by atoms with Crippen molar-refractivity contribution in [2.24, 2.45) is 0 Å². The van der Waals surface area contributed by atoms with Gasteiger partial charge in [-0.05, 0) is 18.6 Å². The van der Waals surface area contributed by atoms with Crippen LogP contribution in [-0.4, -0.2) is 30.8 Å². The van der Waals surface area contributed by atoms with Gasteiger partial charge in [-0.25, -0.2) is 4.79 Å². The van der Waals surface area contributed by atoms with E-state index in [9.17, 15) is 18.0 Å². The third-order valence-corrected chi connectivity index (χ3v) is 2.24. The third kappa shape index (κ3) is 6.19. The van der Waals surface area contributed by atoms with E-state index in [4.69, 9.17) is 4.74 Å². The van der Waals surface area contributed by atoms with Crippen LogP contribution in [0.1, 0.15) is 28.9 Å². The molecule has 0 saturated heterocycles. The summed E-state index contributed by atoms with van der Waals surface area (Å²) in [6.45, 7) is 0.124. The lowest BCUT2D eigenvalue weighted by atomic mass is 10.2. The first kappa shape index (κ1) is 15.4. The molecule has 0 N–H and O–H groups in total. The van der Waals surface area contributed by atoms with Crippen molar-refractivity contribution in [1.82, 2.24) is 4.98 Å². The molecular weight excluding hydrogens is 263 g/mol. The Hall–Kier alpha value is -1.63. The van der Waals surface area contributed by atoms with E-state index in [1.807, 2.05) is 0 Å². The molecule has 0 amide bonds. The highest BCUT2D eigenvalue weighted by Crippen LogP contribution is 2.21. The lowest BCUT2D eigenvalue weighted by Gasteiger charge is -2.07. The molecule has 0 unspecified atom stereocenters. The quantitative estimate of drug-likeness (QED) is 0.592. The maximum Gasteiger partial charge on any atom is 0.389 e. The monoisotopic (exact) mass is 277 g/mol. The lowest BCUT2D eigenvalue weighted by Crippen LogP contribution is -2.09. The lowest BCUT2D eigenvalue weighted by molar-refractivity contribution is -0.138. The number of hydrogen-bond donors (Lipinski definition) is 0. The molecule has 0 atom stereocenters. The summed E-state index contributed by atoms with van der Waals surface area (Å²) in [4.78, 5) is 15.1. The molecule has 1 rings (SSSR count). The molecule has 1 aromatic heterocycles. The Morgan fingerprint density at radius 3 is 2.63 bits per heavy atom. The second kappa shape index (κ2) is 7.08. The smallest absolute Gasteiger partial charge is 0.389 e. The second-order valence-electron chi connectivity index (χ2n) is 3.80. The molecule has 0 aliphatic rings. The van der Waals surface area contributed by atoms with Gasteiger partial charge in [0.05, 0.1) is 25.0 Å². The summed E-state index contributed by atoms with van der Waals surface area (Å²) in [5.41, 5.74) is 0.850. The molecule has 0 bridgehead atoms. The summed E-state index contributed by atoms with van der Waals surface area (Å²) >= 11 is 0. The van der Waals surface area contributed by atoms with Crippen LogP contribution in [0.15, 0.2) is 18.3 Å². The van der Waals surface area contributed by atoms with E-state index >= 15 is 0 Å². The molecular formula is C12H14F3NO3. The molecule has 0 spiro atoms. The number of carbonyl (C=O) groups excluding carboxylic acids is 1. The van der Waals surface area contributed by atoms with Gasteiger partial charge in [0.15, 0.2) is 0 Å². The summed E-state index contributed by atoms with van der Waals surface area (Å²) in [7, 11) is 1.26. The molecule has 1 aromatic rings. The standard InChI is InChI=1S/C12H14F3NO3/c1-18-11(17)9-3-4-10(16-7-9)8-19-6-2-5-12(13,14)15/h3-4,7H,2,5-6,8H2,1H3. The molecule has 7 heteroatoms. The van der Waals surface area contributed by atoms with Gasteiger partial charge < -0.3 is 9.47 Å². The molecule has 106 valence electrons. The van der Waals surface area contributed by atoms with Crippen LogP contribution < -0.4 is 0 Å². The highest BCUT2D eigenvalue weighted by Gasteiger charge is 2.25. The van der Waals surface area contributed by atoms with Crippen molar-refractivity contribution in [1.29, 1.82) is 0 Å². The highest BCUT2D eigenvalue weighted by atomic mass is 19.4.